The summed E-state index contributed by atoms with van der Waals surface area (Å²) in [4.78, 5) is 14.2. The Morgan fingerprint density at radius 1 is 1.21 bits per heavy atom. The van der Waals surface area contributed by atoms with E-state index in [1.54, 1.807) is 18.2 Å². The van der Waals surface area contributed by atoms with Crippen LogP contribution in [0.25, 0.3) is 11.5 Å². The Balaban J connectivity index is 1.49. The predicted octanol–water partition coefficient (Wildman–Crippen LogP) is 4.37. The van der Waals surface area contributed by atoms with Gasteiger partial charge in [0.1, 0.15) is 5.82 Å². The fraction of sp³-hybridized carbons (Fsp3) is 0.238. The Kier molecular flexibility index (Phi) is 5.83. The number of para-hydroxylation sites is 1. The van der Waals surface area contributed by atoms with Gasteiger partial charge < -0.3 is 9.32 Å². The topological polar surface area (TPSA) is 74.8 Å². The van der Waals surface area contributed by atoms with E-state index in [0.717, 1.165) is 17.3 Å². The molecule has 0 atom stereocenters. The minimum absolute atomic E-state index is 0.00247. The van der Waals surface area contributed by atoms with Crippen molar-refractivity contribution in [2.45, 2.75) is 12.3 Å². The van der Waals surface area contributed by atoms with E-state index in [9.17, 15) is 26.7 Å². The number of carbonyl (C=O) groups excluding carboxylic acids is 1. The van der Waals surface area contributed by atoms with Crippen LogP contribution < -0.4 is 4.90 Å². The van der Waals surface area contributed by atoms with E-state index in [4.69, 9.17) is 4.42 Å². The van der Waals surface area contributed by atoms with Crippen LogP contribution in [0.1, 0.15) is 28.2 Å². The van der Waals surface area contributed by atoms with E-state index < -0.39 is 43.1 Å². The highest BCUT2D eigenvalue weighted by Gasteiger charge is 2.44. The summed E-state index contributed by atoms with van der Waals surface area (Å²) >= 11 is 0. The third-order valence-electron chi connectivity index (χ3n) is 4.86. The number of hydrogen-bond donors (Lipinski definition) is 0. The Bertz CT molecular complexity index is 1210. The summed E-state index contributed by atoms with van der Waals surface area (Å²) in [5.41, 5.74) is 0.625. The van der Waals surface area contributed by atoms with Crippen LogP contribution in [0.4, 0.5) is 27.6 Å². The molecule has 4 rings (SSSR count). The zero-order chi connectivity index (χ0) is 23.8. The van der Waals surface area contributed by atoms with Crippen molar-refractivity contribution in [1.82, 2.24) is 15.2 Å². The summed E-state index contributed by atoms with van der Waals surface area (Å²) < 4.78 is 70.9. The van der Waals surface area contributed by atoms with E-state index in [1.807, 2.05) is 0 Å². The number of nitrogens with zero attached hydrogens (tertiary/aromatic N) is 5. The lowest BCUT2D eigenvalue weighted by atomic mass is 10.1. The lowest BCUT2D eigenvalue weighted by Gasteiger charge is -2.41. The molecule has 12 heteroatoms. The molecule has 1 aliphatic rings. The first kappa shape index (κ1) is 22.4. The number of alkyl halides is 4. The normalized spacial score (nSPS) is 15.2. The van der Waals surface area contributed by atoms with Crippen LogP contribution in [-0.4, -0.2) is 53.4 Å². The van der Waals surface area contributed by atoms with Gasteiger partial charge in [0.15, 0.2) is 0 Å². The number of rotatable bonds is 6. The first-order valence-electron chi connectivity index (χ1n) is 9.60. The van der Waals surface area contributed by atoms with Crippen molar-refractivity contribution in [2.75, 3.05) is 25.0 Å². The highest BCUT2D eigenvalue weighted by molar-refractivity contribution is 6.00. The predicted molar refractivity (Wildman–Crippen MR) is 108 cm³/mol. The molecule has 0 N–H and O–H groups in total. The Labute approximate surface area is 184 Å². The summed E-state index contributed by atoms with van der Waals surface area (Å²) in [7, 11) is 1.34. The van der Waals surface area contributed by atoms with Crippen molar-refractivity contribution >= 4 is 17.8 Å². The molecule has 1 saturated heterocycles. The molecule has 0 spiro atoms. The molecule has 172 valence electrons. The smallest absolute Gasteiger partial charge is 0.314 e. The van der Waals surface area contributed by atoms with Gasteiger partial charge in [-0.15, -0.1) is 10.2 Å². The first-order chi connectivity index (χ1) is 15.6. The standard InChI is InChI=1S/C21H16F5N5O2/c1-30(20(32)14-4-2-3-5-16(14)31-10-21(25,26)11-31)27-9-13-7-6-12(8-15(13)22)18-28-29-19(33-18)17(23)24/h2-9,17H,10-11H2,1H3/b27-9+. The summed E-state index contributed by atoms with van der Waals surface area (Å²) in [5.74, 6) is -5.28. The zero-order valence-corrected chi connectivity index (χ0v) is 17.1. The van der Waals surface area contributed by atoms with Crippen molar-refractivity contribution in [3.05, 3.63) is 65.3 Å². The molecule has 33 heavy (non-hydrogen) atoms. The zero-order valence-electron chi connectivity index (χ0n) is 17.1. The molecule has 0 unspecified atom stereocenters. The molecule has 0 radical (unpaired) electrons. The maximum Gasteiger partial charge on any atom is 0.314 e. The van der Waals surface area contributed by atoms with Gasteiger partial charge >= 0.3 is 6.43 Å². The van der Waals surface area contributed by atoms with Crippen LogP contribution in [0.15, 0.2) is 52.0 Å². The van der Waals surface area contributed by atoms with Crippen molar-refractivity contribution < 1.29 is 31.2 Å². The van der Waals surface area contributed by atoms with Gasteiger partial charge in [-0.25, -0.2) is 18.2 Å². The van der Waals surface area contributed by atoms with Gasteiger partial charge in [0.25, 0.3) is 17.7 Å². The van der Waals surface area contributed by atoms with Gasteiger partial charge in [0.05, 0.1) is 24.9 Å². The molecule has 2 heterocycles. The van der Waals surface area contributed by atoms with Gasteiger partial charge in [0, 0.05) is 23.9 Å². The van der Waals surface area contributed by atoms with Crippen molar-refractivity contribution in [3.63, 3.8) is 0 Å². The Morgan fingerprint density at radius 3 is 2.58 bits per heavy atom. The number of amides is 1. The third-order valence-corrected chi connectivity index (χ3v) is 4.86. The van der Waals surface area contributed by atoms with E-state index in [1.165, 1.54) is 30.1 Å². The van der Waals surface area contributed by atoms with Gasteiger partial charge in [0.2, 0.25) is 5.89 Å². The molecular formula is C21H16F5N5O2. The SMILES string of the molecule is CN(/N=C/c1ccc(-c2nnc(C(F)F)o2)cc1F)C(=O)c1ccccc1N1CC(F)(F)C1. The lowest BCUT2D eigenvalue weighted by Crippen LogP contribution is -2.56. The van der Waals surface area contributed by atoms with Crippen LogP contribution in [0.2, 0.25) is 0 Å². The average molecular weight is 465 g/mol. The molecule has 7 nitrogen and oxygen atoms in total. The number of halogens is 5. The second-order valence-corrected chi connectivity index (χ2v) is 7.28. The van der Waals surface area contributed by atoms with Crippen LogP contribution in [0, 0.1) is 5.82 Å². The largest absolute Gasteiger partial charge is 0.415 e. The van der Waals surface area contributed by atoms with Crippen molar-refractivity contribution in [3.8, 4) is 11.5 Å². The Morgan fingerprint density at radius 2 is 1.94 bits per heavy atom. The molecule has 1 fully saturated rings. The van der Waals surface area contributed by atoms with E-state index in [0.29, 0.717) is 5.69 Å². The highest BCUT2D eigenvalue weighted by atomic mass is 19.3. The maximum absolute atomic E-state index is 14.5. The van der Waals surface area contributed by atoms with Crippen LogP contribution in [0.5, 0.6) is 0 Å². The molecule has 1 aliphatic heterocycles. The molecule has 0 saturated carbocycles. The fourth-order valence-electron chi connectivity index (χ4n) is 3.19. The van der Waals surface area contributed by atoms with Crippen molar-refractivity contribution in [2.24, 2.45) is 5.10 Å². The number of benzene rings is 2. The molecule has 2 aromatic carbocycles. The Hall–Kier alpha value is -3.83. The molecule has 0 bridgehead atoms. The van der Waals surface area contributed by atoms with Crippen LogP contribution in [0.3, 0.4) is 0 Å². The third kappa shape index (κ3) is 4.69. The molecule has 0 aliphatic carbocycles. The second kappa shape index (κ2) is 8.60. The summed E-state index contributed by atoms with van der Waals surface area (Å²) in [5, 5.41) is 11.5. The van der Waals surface area contributed by atoms with E-state index in [-0.39, 0.29) is 22.6 Å². The van der Waals surface area contributed by atoms with Gasteiger partial charge in [-0.05, 0) is 30.3 Å². The minimum atomic E-state index is -2.95. The highest BCUT2D eigenvalue weighted by Crippen LogP contribution is 2.34. The minimum Gasteiger partial charge on any atom is -0.415 e. The monoisotopic (exact) mass is 465 g/mol. The number of carbonyl (C=O) groups is 1. The molecule has 1 amide bonds. The summed E-state index contributed by atoms with van der Waals surface area (Å²) in [6, 6.07) is 9.97. The second-order valence-electron chi connectivity index (χ2n) is 7.28. The fourth-order valence-corrected chi connectivity index (χ4v) is 3.19. The lowest BCUT2D eigenvalue weighted by molar-refractivity contribution is -0.0263. The van der Waals surface area contributed by atoms with E-state index >= 15 is 0 Å². The molecule has 1 aromatic heterocycles. The number of hydrogen-bond acceptors (Lipinski definition) is 6. The number of aromatic nitrogens is 2. The quantitative estimate of drug-likeness (QED) is 0.307. The number of hydrazone groups is 1. The number of anilines is 1. The summed E-state index contributed by atoms with van der Waals surface area (Å²) in [6.07, 6.45) is -1.85. The van der Waals surface area contributed by atoms with Gasteiger partial charge in [-0.2, -0.15) is 13.9 Å². The van der Waals surface area contributed by atoms with Crippen LogP contribution >= 0.6 is 0 Å². The molecule has 3 aromatic rings. The molecular weight excluding hydrogens is 449 g/mol. The van der Waals surface area contributed by atoms with Crippen LogP contribution in [-0.2, 0) is 0 Å². The summed E-state index contributed by atoms with van der Waals surface area (Å²) in [6.45, 7) is -0.971. The van der Waals surface area contributed by atoms with Crippen molar-refractivity contribution in [1.29, 1.82) is 0 Å². The van der Waals surface area contributed by atoms with Gasteiger partial charge in [-0.1, -0.05) is 12.1 Å². The van der Waals surface area contributed by atoms with Gasteiger partial charge in [-0.3, -0.25) is 4.79 Å². The van der Waals surface area contributed by atoms with E-state index in [2.05, 4.69) is 15.3 Å². The average Bonchev–Trinajstić information content (AvgIpc) is 3.26. The maximum atomic E-state index is 14.5. The first-order valence-corrected chi connectivity index (χ1v) is 9.60.